The average Bonchev–Trinajstić information content (AvgIpc) is 2.83. The number of hydrogen-bond donors (Lipinski definition) is 3. The molecule has 0 aliphatic rings. The number of aromatic nitrogens is 2. The first-order valence-electron chi connectivity index (χ1n) is 5.02. The van der Waals surface area contributed by atoms with Crippen LogP contribution < -0.4 is 5.32 Å². The van der Waals surface area contributed by atoms with Gasteiger partial charge in [0, 0.05) is 6.07 Å². The van der Waals surface area contributed by atoms with Gasteiger partial charge in [-0.05, 0) is 12.1 Å². The van der Waals surface area contributed by atoms with E-state index in [-0.39, 0.29) is 0 Å². The third-order valence-electron chi connectivity index (χ3n) is 2.24. The molecule has 8 heteroatoms. The minimum Gasteiger partial charge on any atom is -0.477 e. The molecule has 0 spiro atoms. The van der Waals surface area contributed by atoms with E-state index in [1.54, 1.807) is 0 Å². The van der Waals surface area contributed by atoms with Crippen LogP contribution in [-0.2, 0) is 0 Å². The number of hydrogen-bond acceptors (Lipinski definition) is 3. The van der Waals surface area contributed by atoms with Gasteiger partial charge >= 0.3 is 5.97 Å². The molecule has 0 fully saturated rings. The van der Waals surface area contributed by atoms with Crippen molar-refractivity contribution in [3.05, 3.63) is 47.5 Å². The summed E-state index contributed by atoms with van der Waals surface area (Å²) in [5.41, 5.74) is -1.25. The van der Waals surface area contributed by atoms with Gasteiger partial charge in [0.25, 0.3) is 5.91 Å². The largest absolute Gasteiger partial charge is 0.477 e. The molecule has 0 saturated heterocycles. The molecule has 2 rings (SSSR count). The Bertz CT molecular complexity index is 654. The molecule has 1 aromatic heterocycles. The molecular weight excluding hydrogens is 260 g/mol. The van der Waals surface area contributed by atoms with Gasteiger partial charge in [0.05, 0.1) is 12.0 Å². The van der Waals surface area contributed by atoms with E-state index in [0.29, 0.717) is 0 Å². The predicted molar refractivity (Wildman–Crippen MR) is 59.9 cm³/mol. The summed E-state index contributed by atoms with van der Waals surface area (Å²) in [6.45, 7) is 0. The molecule has 0 unspecified atom stereocenters. The molecule has 1 heterocycles. The van der Waals surface area contributed by atoms with Gasteiger partial charge in [0.1, 0.15) is 11.6 Å². The van der Waals surface area contributed by atoms with Gasteiger partial charge in [0.15, 0.2) is 11.4 Å². The molecule has 0 aliphatic carbocycles. The Hall–Kier alpha value is -2.77. The fraction of sp³-hybridized carbons (Fsp3) is 0. The second kappa shape index (κ2) is 4.84. The lowest BCUT2D eigenvalue weighted by Gasteiger charge is -2.05. The lowest BCUT2D eigenvalue weighted by Crippen LogP contribution is -2.17. The number of benzene rings is 1. The zero-order valence-corrected chi connectivity index (χ0v) is 9.28. The maximum absolute atomic E-state index is 13.3. The lowest BCUT2D eigenvalue weighted by molar-refractivity contribution is 0.0686. The van der Waals surface area contributed by atoms with Crippen LogP contribution in [0.15, 0.2) is 24.5 Å². The van der Waals surface area contributed by atoms with Crippen molar-refractivity contribution in [2.45, 2.75) is 0 Å². The standard InChI is InChI=1S/C11H7F2N3O3/c12-5-1-2-6(13)7(3-5)16-10(17)8-9(11(18)19)15-4-14-8/h1-4H,(H,14,15)(H,16,17)(H,18,19). The van der Waals surface area contributed by atoms with Crippen molar-refractivity contribution < 1.29 is 23.5 Å². The minimum absolute atomic E-state index is 0.399. The predicted octanol–water partition coefficient (Wildman–Crippen LogP) is 1.64. The summed E-state index contributed by atoms with van der Waals surface area (Å²) in [5, 5.41) is 10.8. The molecule has 0 atom stereocenters. The number of carbonyl (C=O) groups excluding carboxylic acids is 1. The summed E-state index contributed by atoms with van der Waals surface area (Å²) in [6.07, 6.45) is 1.01. The fourth-order valence-electron chi connectivity index (χ4n) is 1.40. The van der Waals surface area contributed by atoms with Gasteiger partial charge in [-0.2, -0.15) is 0 Å². The second-order valence-electron chi connectivity index (χ2n) is 3.51. The molecular formula is C11H7F2N3O3. The first kappa shape index (κ1) is 12.7. The van der Waals surface area contributed by atoms with Crippen molar-refractivity contribution in [1.29, 1.82) is 0 Å². The van der Waals surface area contributed by atoms with Crippen LogP contribution >= 0.6 is 0 Å². The van der Waals surface area contributed by atoms with Crippen molar-refractivity contribution in [3.63, 3.8) is 0 Å². The van der Waals surface area contributed by atoms with Crippen molar-refractivity contribution >= 4 is 17.6 Å². The van der Waals surface area contributed by atoms with Gasteiger partial charge in [-0.15, -0.1) is 0 Å². The maximum Gasteiger partial charge on any atom is 0.354 e. The molecule has 98 valence electrons. The summed E-state index contributed by atoms with van der Waals surface area (Å²) >= 11 is 0. The summed E-state index contributed by atoms with van der Waals surface area (Å²) < 4.78 is 26.2. The Kier molecular flexibility index (Phi) is 3.23. The van der Waals surface area contributed by atoms with E-state index in [0.717, 1.165) is 24.5 Å². The number of aromatic amines is 1. The zero-order valence-electron chi connectivity index (χ0n) is 9.28. The number of amides is 1. The monoisotopic (exact) mass is 267 g/mol. The third-order valence-corrected chi connectivity index (χ3v) is 2.24. The van der Waals surface area contributed by atoms with Crippen LogP contribution in [0.25, 0.3) is 0 Å². The van der Waals surface area contributed by atoms with Crippen molar-refractivity contribution in [3.8, 4) is 0 Å². The number of carbonyl (C=O) groups is 2. The summed E-state index contributed by atoms with van der Waals surface area (Å²) in [5.74, 6) is -3.93. The highest BCUT2D eigenvalue weighted by atomic mass is 19.1. The highest BCUT2D eigenvalue weighted by Gasteiger charge is 2.20. The van der Waals surface area contributed by atoms with Crippen LogP contribution in [0.4, 0.5) is 14.5 Å². The van der Waals surface area contributed by atoms with E-state index < -0.39 is 40.6 Å². The van der Waals surface area contributed by atoms with Crippen molar-refractivity contribution in [2.24, 2.45) is 0 Å². The normalized spacial score (nSPS) is 10.2. The van der Waals surface area contributed by atoms with Gasteiger partial charge in [-0.25, -0.2) is 18.6 Å². The Morgan fingerprint density at radius 2 is 2.05 bits per heavy atom. The third kappa shape index (κ3) is 2.57. The molecule has 19 heavy (non-hydrogen) atoms. The summed E-state index contributed by atoms with van der Waals surface area (Å²) in [7, 11) is 0. The van der Waals surface area contributed by atoms with Crippen molar-refractivity contribution in [2.75, 3.05) is 5.32 Å². The van der Waals surface area contributed by atoms with Gasteiger partial charge in [0.2, 0.25) is 0 Å². The Labute approximate surface area is 105 Å². The van der Waals surface area contributed by atoms with E-state index in [4.69, 9.17) is 5.11 Å². The number of carboxylic acids is 1. The van der Waals surface area contributed by atoms with E-state index in [9.17, 15) is 18.4 Å². The molecule has 1 amide bonds. The fourth-order valence-corrected chi connectivity index (χ4v) is 1.40. The zero-order chi connectivity index (χ0) is 14.0. The Morgan fingerprint density at radius 3 is 2.74 bits per heavy atom. The maximum atomic E-state index is 13.3. The number of carboxylic acid groups (broad SMARTS) is 1. The topological polar surface area (TPSA) is 95.1 Å². The molecule has 2 aromatic rings. The molecule has 6 nitrogen and oxygen atoms in total. The number of nitrogens with one attached hydrogen (secondary N) is 2. The Balaban J connectivity index is 2.28. The lowest BCUT2D eigenvalue weighted by atomic mass is 10.2. The molecule has 0 aliphatic heterocycles. The van der Waals surface area contributed by atoms with Crippen LogP contribution in [0.2, 0.25) is 0 Å². The van der Waals surface area contributed by atoms with E-state index >= 15 is 0 Å². The highest BCUT2D eigenvalue weighted by molar-refractivity contribution is 6.08. The van der Waals surface area contributed by atoms with Gasteiger partial charge < -0.3 is 15.4 Å². The van der Waals surface area contributed by atoms with Gasteiger partial charge in [-0.3, -0.25) is 4.79 Å². The SMILES string of the molecule is O=C(Nc1cc(F)ccc1F)c1nc[nH]c1C(=O)O. The van der Waals surface area contributed by atoms with Gasteiger partial charge in [-0.1, -0.05) is 0 Å². The summed E-state index contributed by atoms with van der Waals surface area (Å²) in [4.78, 5) is 28.3. The first-order chi connectivity index (χ1) is 8.99. The number of H-pyrrole nitrogens is 1. The molecule has 1 aromatic carbocycles. The molecule has 3 N–H and O–H groups in total. The van der Waals surface area contributed by atoms with Crippen LogP contribution in [-0.4, -0.2) is 27.0 Å². The quantitative estimate of drug-likeness (QED) is 0.787. The number of nitrogens with zero attached hydrogens (tertiary/aromatic N) is 1. The van der Waals surface area contributed by atoms with Crippen LogP contribution in [0.5, 0.6) is 0 Å². The average molecular weight is 267 g/mol. The smallest absolute Gasteiger partial charge is 0.354 e. The number of anilines is 1. The molecule has 0 bridgehead atoms. The van der Waals surface area contributed by atoms with Crippen LogP contribution in [0, 0.1) is 11.6 Å². The summed E-state index contributed by atoms with van der Waals surface area (Å²) in [6, 6.07) is 2.51. The van der Waals surface area contributed by atoms with E-state index in [2.05, 4.69) is 9.97 Å². The van der Waals surface area contributed by atoms with Crippen molar-refractivity contribution in [1.82, 2.24) is 9.97 Å². The molecule has 0 radical (unpaired) electrons. The van der Waals surface area contributed by atoms with E-state index in [1.807, 2.05) is 5.32 Å². The van der Waals surface area contributed by atoms with Crippen LogP contribution in [0.3, 0.4) is 0 Å². The highest BCUT2D eigenvalue weighted by Crippen LogP contribution is 2.16. The Morgan fingerprint density at radius 1 is 1.32 bits per heavy atom. The number of halogens is 2. The number of imidazole rings is 1. The minimum atomic E-state index is -1.39. The first-order valence-corrected chi connectivity index (χ1v) is 5.02. The second-order valence-corrected chi connectivity index (χ2v) is 3.51. The number of rotatable bonds is 3. The van der Waals surface area contributed by atoms with E-state index in [1.165, 1.54) is 0 Å². The van der Waals surface area contributed by atoms with Crippen LogP contribution in [0.1, 0.15) is 21.0 Å². The number of aromatic carboxylic acids is 1. The molecule has 0 saturated carbocycles.